The van der Waals surface area contributed by atoms with Gasteiger partial charge in [0.1, 0.15) is 48.3 Å². The number of amides is 9. The summed E-state index contributed by atoms with van der Waals surface area (Å²) in [5, 5.41) is 22.3. The third-order valence-electron chi connectivity index (χ3n) is 12.5. The number of nitrogens with two attached hydrogens (primary N) is 3. The Hall–Kier alpha value is -7.61. The number of nitrogens with zero attached hydrogens (tertiary/aromatic N) is 2. The van der Waals surface area contributed by atoms with Crippen LogP contribution in [0, 0.1) is 5.41 Å². The molecule has 0 fully saturated rings. The molecule has 24 nitrogen and oxygen atoms in total. The number of aromatic amines is 2. The maximum absolute atomic E-state index is 14.7. The first-order valence-electron chi connectivity index (χ1n) is 25.6. The summed E-state index contributed by atoms with van der Waals surface area (Å²) in [5.74, 6) is -7.14. The summed E-state index contributed by atoms with van der Waals surface area (Å²) in [6, 6.07) is 5.89. The van der Waals surface area contributed by atoms with Gasteiger partial charge in [0.15, 0.2) is 5.96 Å². The van der Waals surface area contributed by atoms with Crippen LogP contribution in [0.1, 0.15) is 83.5 Å². The molecule has 78 heavy (non-hydrogen) atoms. The van der Waals surface area contributed by atoms with Crippen LogP contribution in [0.5, 0.6) is 0 Å². The maximum Gasteiger partial charge on any atom is 0.244 e. The highest BCUT2D eigenvalue weighted by molar-refractivity contribution is 7.80. The lowest BCUT2D eigenvalue weighted by molar-refractivity contribution is -0.137. The number of fused-ring (bicyclic) bond motifs is 1. The van der Waals surface area contributed by atoms with Gasteiger partial charge in [-0.1, -0.05) is 89.1 Å². The van der Waals surface area contributed by atoms with E-state index in [1.54, 1.807) is 57.3 Å². The molecule has 0 aliphatic carbocycles. The Morgan fingerprint density at radius 3 is 1.68 bits per heavy atom. The van der Waals surface area contributed by atoms with Gasteiger partial charge in [-0.2, -0.15) is 25.3 Å². The first-order valence-corrected chi connectivity index (χ1v) is 26.8. The van der Waals surface area contributed by atoms with E-state index in [4.69, 9.17) is 17.2 Å². The highest BCUT2D eigenvalue weighted by Gasteiger charge is 2.38. The van der Waals surface area contributed by atoms with E-state index in [1.165, 1.54) is 19.4 Å². The van der Waals surface area contributed by atoms with E-state index in [2.05, 4.69) is 87.7 Å². The van der Waals surface area contributed by atoms with E-state index in [0.29, 0.717) is 29.7 Å². The van der Waals surface area contributed by atoms with Crippen molar-refractivity contribution < 1.29 is 43.2 Å². The Morgan fingerprint density at radius 1 is 0.603 bits per heavy atom. The number of carbonyl (C=O) groups excluding carboxylic acids is 9. The molecule has 424 valence electrons. The second-order valence-electron chi connectivity index (χ2n) is 19.8. The van der Waals surface area contributed by atoms with Gasteiger partial charge in [0.25, 0.3) is 0 Å². The predicted octanol–water partition coefficient (Wildman–Crippen LogP) is -0.548. The van der Waals surface area contributed by atoms with Crippen LogP contribution in [-0.4, -0.2) is 140 Å². The minimum absolute atomic E-state index is 0.0562. The van der Waals surface area contributed by atoms with Gasteiger partial charge in [0.05, 0.1) is 6.33 Å². The highest BCUT2D eigenvalue weighted by atomic mass is 32.1. The predicted molar refractivity (Wildman–Crippen MR) is 301 cm³/mol. The summed E-state index contributed by atoms with van der Waals surface area (Å²) in [5.41, 5.74) is 18.2. The van der Waals surface area contributed by atoms with Crippen molar-refractivity contribution in [1.82, 2.24) is 57.5 Å². The third kappa shape index (κ3) is 20.1. The van der Waals surface area contributed by atoms with E-state index in [0.717, 1.165) is 17.3 Å². The number of nitrogens with one attached hydrogen (secondary N) is 10. The molecule has 16 N–H and O–H groups in total. The molecule has 0 radical (unpaired) electrons. The Bertz CT molecular complexity index is 2690. The van der Waals surface area contributed by atoms with Crippen LogP contribution in [0.2, 0.25) is 0 Å². The molecule has 0 saturated carbocycles. The van der Waals surface area contributed by atoms with Gasteiger partial charge >= 0.3 is 0 Å². The highest BCUT2D eigenvalue weighted by Crippen LogP contribution is 2.22. The van der Waals surface area contributed by atoms with Gasteiger partial charge in [-0.05, 0) is 41.9 Å². The molecule has 9 amide bonds. The number of aliphatic imine (C=N–C) groups is 1. The molecule has 0 spiro atoms. The summed E-state index contributed by atoms with van der Waals surface area (Å²) in [7, 11) is 0. The topological polar surface area (TPSA) is 385 Å². The Balaban J connectivity index is 1.66. The molecule has 0 bridgehead atoms. The van der Waals surface area contributed by atoms with Crippen LogP contribution in [0.15, 0.2) is 78.3 Å². The first kappa shape index (κ1) is 62.9. The molecular weight excluding hydrogens is 1040 g/mol. The molecular formula is C52H75N15O9S2. The number of imidazole rings is 1. The van der Waals surface area contributed by atoms with Crippen molar-refractivity contribution in [3.8, 4) is 0 Å². The van der Waals surface area contributed by atoms with Crippen molar-refractivity contribution in [3.63, 3.8) is 0 Å². The summed E-state index contributed by atoms with van der Waals surface area (Å²) in [4.78, 5) is 138. The fourth-order valence-electron chi connectivity index (χ4n) is 8.24. The number of H-pyrrole nitrogens is 2. The van der Waals surface area contributed by atoms with Crippen LogP contribution in [-0.2, 0) is 62.4 Å². The number of primary amides is 1. The number of hydrogen-bond donors (Lipinski definition) is 15. The number of thiol groups is 2. The molecule has 2 aromatic carbocycles. The molecule has 2 heterocycles. The normalized spacial score (nSPS) is 14.3. The number of aromatic nitrogens is 3. The summed E-state index contributed by atoms with van der Waals surface area (Å²) in [6.45, 7) is 8.33. The molecule has 0 aliphatic heterocycles. The van der Waals surface area contributed by atoms with Crippen molar-refractivity contribution in [2.24, 2.45) is 27.6 Å². The minimum Gasteiger partial charge on any atom is -0.370 e. The molecule has 0 unspecified atom stereocenters. The van der Waals surface area contributed by atoms with Crippen LogP contribution < -0.4 is 59.7 Å². The number of benzene rings is 2. The van der Waals surface area contributed by atoms with Gasteiger partial charge in [-0.25, -0.2) is 4.98 Å². The molecule has 4 rings (SSSR count). The van der Waals surface area contributed by atoms with E-state index < -0.39 is 107 Å². The zero-order valence-corrected chi connectivity index (χ0v) is 46.3. The Labute approximate surface area is 464 Å². The quantitative estimate of drug-likeness (QED) is 0.0131. The Kier molecular flexibility index (Phi) is 25.0. The third-order valence-corrected chi connectivity index (χ3v) is 13.2. The minimum atomic E-state index is -1.41. The number of para-hydroxylation sites is 1. The van der Waals surface area contributed by atoms with Crippen molar-refractivity contribution in [3.05, 3.63) is 90.1 Å². The fraction of sp³-hybridized carbons (Fsp3) is 0.481. The fourth-order valence-corrected chi connectivity index (χ4v) is 8.77. The van der Waals surface area contributed by atoms with E-state index in [9.17, 15) is 43.2 Å². The SMILES string of the molecule is CCCC[C@H](NC(C)=O)C(=O)N[C@@H](CS)C(=O)N[C@@H](C(=O)N[C@@H](Cc1cnc[nH]1)C(=O)N[C@H](Cc1ccccc1)C(=O)N[C@@H](CCCN=C(N)N)C(=O)N[C@@H](Cc1c[nH]c2ccccc12)C(=O)N[C@@H](CS)C(N)=O)C(C)(C)C. The molecule has 8 atom stereocenters. The number of unbranched alkanes of at least 4 members (excludes halogenated alkanes) is 1. The number of carbonyl (C=O) groups is 9. The lowest BCUT2D eigenvalue weighted by Gasteiger charge is -2.33. The van der Waals surface area contributed by atoms with Crippen molar-refractivity contribution in [1.29, 1.82) is 0 Å². The van der Waals surface area contributed by atoms with Gasteiger partial charge in [-0.15, -0.1) is 0 Å². The van der Waals surface area contributed by atoms with E-state index in [-0.39, 0.29) is 56.1 Å². The van der Waals surface area contributed by atoms with Crippen LogP contribution in [0.25, 0.3) is 10.9 Å². The molecule has 0 aliphatic rings. The Morgan fingerprint density at radius 2 is 1.12 bits per heavy atom. The van der Waals surface area contributed by atoms with Gasteiger partial charge in [-0.3, -0.25) is 48.1 Å². The molecule has 26 heteroatoms. The van der Waals surface area contributed by atoms with Crippen molar-refractivity contribution >= 4 is 95.3 Å². The van der Waals surface area contributed by atoms with Crippen LogP contribution in [0.3, 0.4) is 0 Å². The lowest BCUT2D eigenvalue weighted by atomic mass is 9.85. The number of guanidine groups is 1. The summed E-state index contributed by atoms with van der Waals surface area (Å²) >= 11 is 8.46. The second kappa shape index (κ2) is 31.0. The summed E-state index contributed by atoms with van der Waals surface area (Å²) < 4.78 is 0. The summed E-state index contributed by atoms with van der Waals surface area (Å²) in [6.07, 6.45) is 5.99. The average molecular weight is 1120 g/mol. The van der Waals surface area contributed by atoms with Gasteiger partial charge in [0, 0.05) is 73.2 Å². The van der Waals surface area contributed by atoms with E-state index >= 15 is 0 Å². The van der Waals surface area contributed by atoms with Gasteiger partial charge < -0.3 is 69.7 Å². The average Bonchev–Trinajstić information content (AvgIpc) is 4.09. The molecule has 2 aromatic heterocycles. The standard InChI is InChI=1S/C52H75N15O9S2/c1-6-7-17-35(60-29(2)68)44(70)66-41(27-78)49(75)67-42(52(3,4)5)50(76)64-39(23-32-25-56-28-59-32)48(74)62-37(21-30-14-9-8-10-15-30)46(72)61-36(19-13-20-57-51(54)55)45(71)63-38(47(73)65-40(26-77)43(53)69)22-31-24-58-34-18-12-11-16-33(31)34/h8-12,14-16,18,24-25,28,35-42,58,77-78H,6-7,13,17,19-23,26-27H2,1-5H3,(H2,53,69)(H,56,59)(H,60,68)(H,61,72)(H,62,74)(H,63,71)(H,64,76)(H,65,73)(H,66,70)(H,67,75)(H4,54,55,57)/t35-,36-,37+,38-,39-,40-,41-,42-/m0/s1. The zero-order valence-electron chi connectivity index (χ0n) is 44.5. The second-order valence-corrected chi connectivity index (χ2v) is 20.6. The monoisotopic (exact) mass is 1120 g/mol. The van der Waals surface area contributed by atoms with E-state index in [1.807, 2.05) is 31.2 Å². The first-order chi connectivity index (χ1) is 37.0. The smallest absolute Gasteiger partial charge is 0.244 e. The number of rotatable bonds is 31. The van der Waals surface area contributed by atoms with Crippen LogP contribution in [0.4, 0.5) is 0 Å². The zero-order chi connectivity index (χ0) is 57.5. The lowest BCUT2D eigenvalue weighted by Crippen LogP contribution is -2.63. The largest absolute Gasteiger partial charge is 0.370 e. The maximum atomic E-state index is 14.7. The van der Waals surface area contributed by atoms with Gasteiger partial charge in [0.2, 0.25) is 53.2 Å². The number of hydrogen-bond acceptors (Lipinski definition) is 13. The molecule has 0 saturated heterocycles. The van der Waals surface area contributed by atoms with Crippen molar-refractivity contribution in [2.75, 3.05) is 18.1 Å². The van der Waals surface area contributed by atoms with Crippen LogP contribution >= 0.6 is 25.3 Å². The van der Waals surface area contributed by atoms with Crippen molar-refractivity contribution in [2.45, 2.75) is 134 Å². The molecule has 4 aromatic rings.